The lowest BCUT2D eigenvalue weighted by Crippen LogP contribution is -2.61. The first kappa shape index (κ1) is 52.4. The molecule has 10 aromatic rings. The third kappa shape index (κ3) is 8.90. The largest absolute Gasteiger partial charge is 0.440 e. The van der Waals surface area contributed by atoms with E-state index < -0.39 is 0 Å². The maximum Gasteiger partial charge on any atom is 0.337 e. The zero-order chi connectivity index (χ0) is 56.5. The highest BCUT2D eigenvalue weighted by atomic mass is 16.4. The molecule has 0 N–H and O–H groups in total. The smallest absolute Gasteiger partial charge is 0.337 e. The molecule has 0 saturated heterocycles. The Morgan fingerprint density at radius 1 is 0.420 bits per heavy atom. The minimum absolute atomic E-state index is 0.0121. The van der Waals surface area contributed by atoms with E-state index in [1.807, 2.05) is 0 Å². The molecular weight excluding hydrogens is 982 g/mol. The van der Waals surface area contributed by atoms with Crippen LogP contribution in [-0.2, 0) is 27.1 Å². The second-order valence-corrected chi connectivity index (χ2v) is 27.7. The van der Waals surface area contributed by atoms with Crippen LogP contribution in [0.25, 0.3) is 44.3 Å². The fourth-order valence-corrected chi connectivity index (χ4v) is 13.3. The summed E-state index contributed by atoms with van der Waals surface area (Å²) in [6, 6.07) is 75.9. The Hall–Kier alpha value is -8.02. The summed E-state index contributed by atoms with van der Waals surface area (Å²) in [5, 5.41) is 1.11. The van der Waals surface area contributed by atoms with E-state index in [4.69, 9.17) is 4.42 Å². The van der Waals surface area contributed by atoms with Crippen LogP contribution in [0.5, 0.6) is 0 Å². The van der Waals surface area contributed by atoms with E-state index in [9.17, 15) is 0 Å². The molecule has 0 bridgehead atoms. The fraction of sp³-hybridized carbons (Fsp3) is 0.263. The minimum atomic E-state index is -0.283. The standard InChI is InChI=1S/C76H76BN3O/c1-72(2,3)52-28-33-55(34-29-52)78(56-35-30-53(31-36-56)73(4,5)6)57-37-39-59-62-44-51(49-22-16-14-17-23-49)45-67-69(62)77(80(66(59)48-57)58-38-40-63-64(47-58)76(12,13)43-42-75(63,10)11)70-60-26-20-21-27-68(60)81-71(70)79(67)65-41-32-54(74(7,8)9)46-61(65)50-24-18-15-19-25-50/h14-41,44-48H,42-43H2,1-13H3. The molecule has 0 unspecified atom stereocenters. The van der Waals surface area contributed by atoms with E-state index in [1.54, 1.807) is 0 Å². The van der Waals surface area contributed by atoms with E-state index in [0.29, 0.717) is 0 Å². The van der Waals surface area contributed by atoms with Gasteiger partial charge in [0.2, 0.25) is 5.88 Å². The Morgan fingerprint density at radius 2 is 0.975 bits per heavy atom. The van der Waals surface area contributed by atoms with Gasteiger partial charge in [-0.3, -0.25) is 4.90 Å². The van der Waals surface area contributed by atoms with Crippen LogP contribution in [0.3, 0.4) is 0 Å². The number of benzene rings is 9. The van der Waals surface area contributed by atoms with Crippen molar-refractivity contribution in [3.8, 4) is 33.4 Å². The van der Waals surface area contributed by atoms with Gasteiger partial charge in [0.25, 0.3) is 0 Å². The summed E-state index contributed by atoms with van der Waals surface area (Å²) in [6.07, 6.45) is 2.27. The SMILES string of the molecule is CC(C)(C)c1ccc(N(c2ccc(C(C)(C)C)cc2)c2ccc3c(c2)N(c2ccc4c(c2)C(C)(C)CCC4(C)C)B2c4c-3cc(-c3ccccc3)cc4N(c3ccc(C(C)(C)C)cc3-c3ccccc3)c3oc4ccccc4c32)cc1. The van der Waals surface area contributed by atoms with Gasteiger partial charge >= 0.3 is 6.85 Å². The highest BCUT2D eigenvalue weighted by molar-refractivity contribution is 6.95. The van der Waals surface area contributed by atoms with Crippen LogP contribution in [0.2, 0.25) is 0 Å². The van der Waals surface area contributed by atoms with Crippen LogP contribution >= 0.6 is 0 Å². The van der Waals surface area contributed by atoms with Gasteiger partial charge in [-0.05, 0) is 174 Å². The maximum atomic E-state index is 7.50. The first-order chi connectivity index (χ1) is 38.5. The summed E-state index contributed by atoms with van der Waals surface area (Å²) in [7, 11) is 0. The van der Waals surface area contributed by atoms with Crippen LogP contribution in [0.15, 0.2) is 205 Å². The molecule has 0 amide bonds. The number of hydrogen-bond donors (Lipinski definition) is 0. The first-order valence-electron chi connectivity index (χ1n) is 29.4. The summed E-state index contributed by atoms with van der Waals surface area (Å²) in [4.78, 5) is 7.64. The average Bonchev–Trinajstić information content (AvgIpc) is 2.34. The monoisotopic (exact) mass is 1060 g/mol. The molecule has 1 aliphatic carbocycles. The van der Waals surface area contributed by atoms with Crippen LogP contribution < -0.4 is 25.5 Å². The molecule has 9 aromatic carbocycles. The molecule has 3 heterocycles. The van der Waals surface area contributed by atoms with Crippen LogP contribution in [-0.4, -0.2) is 6.85 Å². The van der Waals surface area contributed by atoms with E-state index in [0.717, 1.165) is 86.0 Å². The normalized spacial score (nSPS) is 15.2. The quantitative estimate of drug-likeness (QED) is 0.148. The minimum Gasteiger partial charge on any atom is -0.440 e. The van der Waals surface area contributed by atoms with Crippen molar-refractivity contribution < 1.29 is 4.42 Å². The van der Waals surface area contributed by atoms with Gasteiger partial charge < -0.3 is 14.1 Å². The number of para-hydroxylation sites is 1. The molecule has 81 heavy (non-hydrogen) atoms. The number of nitrogens with zero attached hydrogens (tertiary/aromatic N) is 3. The van der Waals surface area contributed by atoms with Crippen LogP contribution in [0.4, 0.5) is 45.7 Å². The number of anilines is 8. The van der Waals surface area contributed by atoms with E-state index >= 15 is 0 Å². The Kier molecular flexibility index (Phi) is 12.1. The third-order valence-electron chi connectivity index (χ3n) is 18.2. The van der Waals surface area contributed by atoms with Crippen molar-refractivity contribution in [1.29, 1.82) is 0 Å². The summed E-state index contributed by atoms with van der Waals surface area (Å²) in [5.74, 6) is 0.842. The molecule has 404 valence electrons. The lowest BCUT2D eigenvalue weighted by atomic mass is 9.43. The Bertz CT molecular complexity index is 4000. The summed E-state index contributed by atoms with van der Waals surface area (Å²) >= 11 is 0. The lowest BCUT2D eigenvalue weighted by molar-refractivity contribution is 0.332. The second-order valence-electron chi connectivity index (χ2n) is 27.7. The molecule has 0 saturated carbocycles. The fourth-order valence-electron chi connectivity index (χ4n) is 13.3. The molecule has 1 aromatic heterocycles. The molecule has 0 atom stereocenters. The molecule has 0 fully saturated rings. The summed E-state index contributed by atoms with van der Waals surface area (Å²) in [5.41, 5.74) is 24.9. The van der Waals surface area contributed by atoms with Gasteiger partial charge in [-0.25, -0.2) is 0 Å². The van der Waals surface area contributed by atoms with Crippen molar-refractivity contribution in [2.24, 2.45) is 0 Å². The van der Waals surface area contributed by atoms with E-state index in [1.165, 1.54) is 55.7 Å². The summed E-state index contributed by atoms with van der Waals surface area (Å²) < 4.78 is 7.50. The van der Waals surface area contributed by atoms with Crippen molar-refractivity contribution in [3.63, 3.8) is 0 Å². The third-order valence-corrected chi connectivity index (χ3v) is 18.2. The lowest BCUT2D eigenvalue weighted by Gasteiger charge is -2.46. The Morgan fingerprint density at radius 3 is 1.59 bits per heavy atom. The molecule has 0 radical (unpaired) electrons. The Balaban J connectivity index is 1.15. The number of hydrogen-bond acceptors (Lipinski definition) is 4. The van der Waals surface area contributed by atoms with E-state index in [-0.39, 0.29) is 33.9 Å². The number of rotatable bonds is 7. The second kappa shape index (κ2) is 18.8. The molecule has 4 nitrogen and oxygen atoms in total. The average molecular weight is 1060 g/mol. The topological polar surface area (TPSA) is 22.9 Å². The van der Waals surface area contributed by atoms with Gasteiger partial charge in [0.1, 0.15) is 5.58 Å². The predicted molar refractivity (Wildman–Crippen MR) is 347 cm³/mol. The van der Waals surface area contributed by atoms with Crippen LogP contribution in [0, 0.1) is 0 Å². The number of furan rings is 1. The molecule has 5 heteroatoms. The van der Waals surface area contributed by atoms with Crippen molar-refractivity contribution in [3.05, 3.63) is 228 Å². The zero-order valence-electron chi connectivity index (χ0n) is 49.8. The van der Waals surface area contributed by atoms with Gasteiger partial charge in [-0.2, -0.15) is 0 Å². The molecule has 0 spiro atoms. The van der Waals surface area contributed by atoms with Gasteiger partial charge in [-0.1, -0.05) is 211 Å². The molecule has 13 rings (SSSR count). The highest BCUT2D eigenvalue weighted by Gasteiger charge is 2.49. The van der Waals surface area contributed by atoms with Crippen LogP contribution in [0.1, 0.15) is 131 Å². The van der Waals surface area contributed by atoms with Crippen molar-refractivity contribution in [2.75, 3.05) is 14.6 Å². The molecular formula is C76H76BN3O. The first-order valence-corrected chi connectivity index (χ1v) is 29.4. The van der Waals surface area contributed by atoms with E-state index in [2.05, 4.69) is 305 Å². The molecule has 3 aliphatic rings. The van der Waals surface area contributed by atoms with Gasteiger partial charge in [0.15, 0.2) is 0 Å². The Labute approximate surface area is 482 Å². The zero-order valence-corrected chi connectivity index (χ0v) is 49.8. The predicted octanol–water partition coefficient (Wildman–Crippen LogP) is 20.2. The van der Waals surface area contributed by atoms with Crippen molar-refractivity contribution >= 4 is 74.4 Å². The van der Waals surface area contributed by atoms with Crippen molar-refractivity contribution in [1.82, 2.24) is 0 Å². The molecule has 2 aliphatic heterocycles. The maximum absolute atomic E-state index is 7.50. The number of fused-ring (bicyclic) bond motifs is 7. The van der Waals surface area contributed by atoms with Gasteiger partial charge in [-0.15, -0.1) is 0 Å². The van der Waals surface area contributed by atoms with Gasteiger partial charge in [0.05, 0.1) is 5.69 Å². The summed E-state index contributed by atoms with van der Waals surface area (Å²) in [6.45, 7) is 30.2. The van der Waals surface area contributed by atoms with Gasteiger partial charge in [0, 0.05) is 56.1 Å². The highest BCUT2D eigenvalue weighted by Crippen LogP contribution is 2.54. The van der Waals surface area contributed by atoms with Crippen molar-refractivity contribution in [2.45, 2.75) is 130 Å².